The molecule has 1 aliphatic carbocycles. The van der Waals surface area contributed by atoms with Gasteiger partial charge in [0.05, 0.1) is 7.11 Å². The Hall–Kier alpha value is -2.57. The summed E-state index contributed by atoms with van der Waals surface area (Å²) in [4.78, 5) is 39.2. The van der Waals surface area contributed by atoms with Crippen molar-refractivity contribution in [2.24, 2.45) is 0 Å². The lowest BCUT2D eigenvalue weighted by Gasteiger charge is -2.26. The first-order valence-electron chi connectivity index (χ1n) is 10.1. The van der Waals surface area contributed by atoms with E-state index >= 15 is 0 Å². The SMILES string of the molecule is CC[C@@]1(c2ccc(OC)cc2)NC(=O)N(CC(=O)NC2CCCCCC2)C1=O. The van der Waals surface area contributed by atoms with Crippen molar-refractivity contribution >= 4 is 17.8 Å². The predicted molar refractivity (Wildman–Crippen MR) is 105 cm³/mol. The lowest BCUT2D eigenvalue weighted by Crippen LogP contribution is -2.46. The molecule has 0 radical (unpaired) electrons. The molecule has 2 aliphatic rings. The van der Waals surface area contributed by atoms with Crippen LogP contribution in [0.3, 0.4) is 0 Å². The van der Waals surface area contributed by atoms with Gasteiger partial charge in [0.1, 0.15) is 17.8 Å². The third-order valence-corrected chi connectivity index (χ3v) is 5.81. The van der Waals surface area contributed by atoms with Gasteiger partial charge in [0.25, 0.3) is 5.91 Å². The van der Waals surface area contributed by atoms with Crippen LogP contribution in [0.4, 0.5) is 4.79 Å². The van der Waals surface area contributed by atoms with Crippen LogP contribution in [0.5, 0.6) is 5.75 Å². The van der Waals surface area contributed by atoms with Gasteiger partial charge in [-0.2, -0.15) is 0 Å². The summed E-state index contributed by atoms with van der Waals surface area (Å²) in [6, 6.07) is 6.67. The predicted octanol–water partition coefficient (Wildman–Crippen LogP) is 2.69. The Kier molecular flexibility index (Phi) is 6.21. The fourth-order valence-electron chi connectivity index (χ4n) is 4.13. The summed E-state index contributed by atoms with van der Waals surface area (Å²) in [5.41, 5.74) is -0.466. The molecular weight excluding hydrogens is 358 g/mol. The Labute approximate surface area is 165 Å². The molecule has 1 saturated heterocycles. The van der Waals surface area contributed by atoms with E-state index in [4.69, 9.17) is 4.74 Å². The number of methoxy groups -OCH3 is 1. The Balaban J connectivity index is 1.71. The van der Waals surface area contributed by atoms with Gasteiger partial charge in [-0.1, -0.05) is 44.7 Å². The second-order valence-corrected chi connectivity index (χ2v) is 7.56. The van der Waals surface area contributed by atoms with Crippen LogP contribution >= 0.6 is 0 Å². The number of benzene rings is 1. The molecule has 2 fully saturated rings. The molecule has 1 aromatic carbocycles. The van der Waals surface area contributed by atoms with Crippen LogP contribution in [0.15, 0.2) is 24.3 Å². The van der Waals surface area contributed by atoms with Crippen molar-refractivity contribution in [3.63, 3.8) is 0 Å². The number of ether oxygens (including phenoxy) is 1. The van der Waals surface area contributed by atoms with Gasteiger partial charge in [-0.15, -0.1) is 0 Å². The summed E-state index contributed by atoms with van der Waals surface area (Å²) in [5, 5.41) is 5.80. The maximum atomic E-state index is 13.1. The fourth-order valence-corrected chi connectivity index (χ4v) is 4.13. The van der Waals surface area contributed by atoms with E-state index in [0.717, 1.165) is 30.6 Å². The van der Waals surface area contributed by atoms with E-state index in [9.17, 15) is 14.4 Å². The summed E-state index contributed by atoms with van der Waals surface area (Å²) in [6.45, 7) is 1.59. The molecule has 0 aromatic heterocycles. The van der Waals surface area contributed by atoms with Crippen LogP contribution in [0, 0.1) is 0 Å². The molecule has 152 valence electrons. The van der Waals surface area contributed by atoms with Gasteiger partial charge in [-0.25, -0.2) is 4.79 Å². The maximum Gasteiger partial charge on any atom is 0.325 e. The molecule has 28 heavy (non-hydrogen) atoms. The van der Waals surface area contributed by atoms with Crippen molar-refractivity contribution in [1.82, 2.24) is 15.5 Å². The Morgan fingerprint density at radius 2 is 1.82 bits per heavy atom. The number of urea groups is 1. The zero-order valence-corrected chi connectivity index (χ0v) is 16.6. The van der Waals surface area contributed by atoms with E-state index in [-0.39, 0.29) is 24.4 Å². The van der Waals surface area contributed by atoms with Crippen LogP contribution in [-0.4, -0.2) is 42.4 Å². The number of carbonyl (C=O) groups excluding carboxylic acids is 3. The molecule has 1 atom stereocenters. The fraction of sp³-hybridized carbons (Fsp3) is 0.571. The van der Waals surface area contributed by atoms with E-state index in [1.807, 2.05) is 6.92 Å². The smallest absolute Gasteiger partial charge is 0.325 e. The Morgan fingerprint density at radius 1 is 1.18 bits per heavy atom. The first kappa shape index (κ1) is 20.2. The highest BCUT2D eigenvalue weighted by molar-refractivity contribution is 6.09. The third kappa shape index (κ3) is 3.98. The van der Waals surface area contributed by atoms with Gasteiger partial charge in [-0.3, -0.25) is 14.5 Å². The molecule has 1 heterocycles. The van der Waals surface area contributed by atoms with Crippen molar-refractivity contribution < 1.29 is 19.1 Å². The molecule has 7 nitrogen and oxygen atoms in total. The van der Waals surface area contributed by atoms with Crippen LogP contribution in [0.1, 0.15) is 57.4 Å². The molecule has 0 unspecified atom stereocenters. The van der Waals surface area contributed by atoms with Gasteiger partial charge in [0, 0.05) is 6.04 Å². The number of imide groups is 1. The largest absolute Gasteiger partial charge is 0.497 e. The average Bonchev–Trinajstić information content (AvgIpc) is 2.88. The number of nitrogens with one attached hydrogen (secondary N) is 2. The minimum atomic E-state index is -1.15. The van der Waals surface area contributed by atoms with Crippen molar-refractivity contribution in [1.29, 1.82) is 0 Å². The molecule has 0 spiro atoms. The molecular formula is C21H29N3O4. The molecule has 1 saturated carbocycles. The standard InChI is InChI=1S/C21H29N3O4/c1-3-21(15-10-12-17(28-2)13-11-15)19(26)24(20(27)23-21)14-18(25)22-16-8-6-4-5-7-9-16/h10-13,16H,3-9,14H2,1-2H3,(H,22,25)(H,23,27)/t21-/m0/s1. The lowest BCUT2D eigenvalue weighted by atomic mass is 9.87. The summed E-state index contributed by atoms with van der Waals surface area (Å²) in [6.07, 6.45) is 6.90. The quantitative estimate of drug-likeness (QED) is 0.580. The highest BCUT2D eigenvalue weighted by atomic mass is 16.5. The minimum absolute atomic E-state index is 0.133. The maximum absolute atomic E-state index is 13.1. The van der Waals surface area contributed by atoms with Crippen molar-refractivity contribution in [2.45, 2.75) is 63.5 Å². The summed E-state index contributed by atoms with van der Waals surface area (Å²) in [5.74, 6) is 0.00428. The molecule has 0 bridgehead atoms. The Morgan fingerprint density at radius 3 is 2.39 bits per heavy atom. The van der Waals surface area contributed by atoms with E-state index < -0.39 is 11.6 Å². The highest BCUT2D eigenvalue weighted by Gasteiger charge is 2.51. The van der Waals surface area contributed by atoms with E-state index in [0.29, 0.717) is 17.7 Å². The normalized spacial score (nSPS) is 23.3. The minimum Gasteiger partial charge on any atom is -0.497 e. The number of carbonyl (C=O) groups is 3. The van der Waals surface area contributed by atoms with Gasteiger partial charge >= 0.3 is 6.03 Å². The third-order valence-electron chi connectivity index (χ3n) is 5.81. The van der Waals surface area contributed by atoms with Crippen molar-refractivity contribution in [2.75, 3.05) is 13.7 Å². The molecule has 1 aliphatic heterocycles. The number of nitrogens with zero attached hydrogens (tertiary/aromatic N) is 1. The van der Waals surface area contributed by atoms with E-state index in [1.54, 1.807) is 31.4 Å². The second kappa shape index (κ2) is 8.63. The van der Waals surface area contributed by atoms with Gasteiger partial charge < -0.3 is 15.4 Å². The number of hydrogen-bond acceptors (Lipinski definition) is 4. The second-order valence-electron chi connectivity index (χ2n) is 7.56. The van der Waals surface area contributed by atoms with Gasteiger partial charge in [0.15, 0.2) is 0 Å². The van der Waals surface area contributed by atoms with Crippen LogP contribution in [0.25, 0.3) is 0 Å². The molecule has 3 rings (SSSR count). The first-order valence-corrected chi connectivity index (χ1v) is 10.1. The average molecular weight is 387 g/mol. The van der Waals surface area contributed by atoms with E-state index in [2.05, 4.69) is 10.6 Å². The number of hydrogen-bond donors (Lipinski definition) is 2. The van der Waals surface area contributed by atoms with Crippen LogP contribution in [0.2, 0.25) is 0 Å². The molecule has 7 heteroatoms. The molecule has 1 aromatic rings. The van der Waals surface area contributed by atoms with Crippen molar-refractivity contribution in [3.8, 4) is 5.75 Å². The number of rotatable bonds is 6. The highest BCUT2D eigenvalue weighted by Crippen LogP contribution is 2.33. The Bertz CT molecular complexity index is 726. The van der Waals surface area contributed by atoms with Crippen molar-refractivity contribution in [3.05, 3.63) is 29.8 Å². The number of amides is 4. The summed E-state index contributed by atoms with van der Waals surface area (Å²) >= 11 is 0. The molecule has 4 amide bonds. The first-order chi connectivity index (χ1) is 13.5. The summed E-state index contributed by atoms with van der Waals surface area (Å²) < 4.78 is 5.17. The topological polar surface area (TPSA) is 87.7 Å². The molecule has 2 N–H and O–H groups in total. The zero-order chi connectivity index (χ0) is 20.1. The van der Waals surface area contributed by atoms with Crippen LogP contribution in [-0.2, 0) is 15.1 Å². The lowest BCUT2D eigenvalue weighted by molar-refractivity contribution is -0.135. The summed E-state index contributed by atoms with van der Waals surface area (Å²) in [7, 11) is 1.57. The van der Waals surface area contributed by atoms with Gasteiger partial charge in [-0.05, 0) is 37.0 Å². The van der Waals surface area contributed by atoms with Gasteiger partial charge in [0.2, 0.25) is 5.91 Å². The van der Waals surface area contributed by atoms with E-state index in [1.165, 1.54) is 12.8 Å². The van der Waals surface area contributed by atoms with Crippen LogP contribution < -0.4 is 15.4 Å². The monoisotopic (exact) mass is 387 g/mol. The zero-order valence-electron chi connectivity index (χ0n) is 16.6.